The second kappa shape index (κ2) is 6.61. The quantitative estimate of drug-likeness (QED) is 0.505. The summed E-state index contributed by atoms with van der Waals surface area (Å²) in [6, 6.07) is 5.72. The summed E-state index contributed by atoms with van der Waals surface area (Å²) in [5.74, 6) is -0.395. The molecule has 158 valence electrons. The van der Waals surface area contributed by atoms with Crippen LogP contribution in [0.2, 0.25) is 5.02 Å². The van der Waals surface area contributed by atoms with Gasteiger partial charge in [0.05, 0.1) is 28.3 Å². The molecule has 1 N–H and O–H groups in total. The Morgan fingerprint density at radius 3 is 2.84 bits per heavy atom. The minimum atomic E-state index is -0.395. The first-order valence-corrected chi connectivity index (χ1v) is 10.9. The molecule has 8 heteroatoms. The van der Waals surface area contributed by atoms with E-state index in [1.807, 2.05) is 19.3 Å². The molecule has 5 heterocycles. The fourth-order valence-electron chi connectivity index (χ4n) is 4.72. The number of hydrogen-bond donors (Lipinski definition) is 1. The van der Waals surface area contributed by atoms with Gasteiger partial charge in [0.2, 0.25) is 0 Å². The molecule has 4 aromatic rings. The van der Waals surface area contributed by atoms with E-state index in [0.29, 0.717) is 33.6 Å². The van der Waals surface area contributed by atoms with E-state index >= 15 is 0 Å². The van der Waals surface area contributed by atoms with Crippen LogP contribution in [0, 0.1) is 12.7 Å². The first kappa shape index (κ1) is 19.0. The Hall–Kier alpha value is -2.77. The smallest absolute Gasteiger partial charge is 0.173 e. The van der Waals surface area contributed by atoms with Crippen LogP contribution < -0.4 is 10.2 Å². The Morgan fingerprint density at radius 2 is 2.03 bits per heavy atom. The lowest BCUT2D eigenvalue weighted by molar-refractivity contribution is 0.372. The van der Waals surface area contributed by atoms with Crippen molar-refractivity contribution in [2.24, 2.45) is 0 Å². The Morgan fingerprint density at radius 1 is 1.19 bits per heavy atom. The highest BCUT2D eigenvalue weighted by atomic mass is 35.5. The Balaban J connectivity index is 1.40. The topological polar surface area (TPSA) is 58.4 Å². The van der Waals surface area contributed by atoms with Gasteiger partial charge >= 0.3 is 0 Å². The zero-order valence-electron chi connectivity index (χ0n) is 17.4. The molecule has 2 aliphatic rings. The maximum atomic E-state index is 14.5. The van der Waals surface area contributed by atoms with Gasteiger partial charge < -0.3 is 14.6 Å². The first-order valence-electron chi connectivity index (χ1n) is 10.5. The lowest BCUT2D eigenvalue weighted by atomic mass is 10.1. The molecule has 0 radical (unpaired) electrons. The summed E-state index contributed by atoms with van der Waals surface area (Å²) in [5, 5.41) is 5.08. The van der Waals surface area contributed by atoms with E-state index in [1.54, 1.807) is 16.7 Å². The van der Waals surface area contributed by atoms with Crippen molar-refractivity contribution < 1.29 is 4.39 Å². The van der Waals surface area contributed by atoms with E-state index in [0.717, 1.165) is 29.9 Å². The van der Waals surface area contributed by atoms with Gasteiger partial charge in [0, 0.05) is 48.0 Å². The molecule has 0 unspecified atom stereocenters. The van der Waals surface area contributed by atoms with E-state index in [-0.39, 0.29) is 5.54 Å². The molecule has 1 atom stereocenters. The highest BCUT2D eigenvalue weighted by molar-refractivity contribution is 6.35. The fourth-order valence-corrected chi connectivity index (χ4v) is 4.96. The zero-order chi connectivity index (χ0) is 21.3. The van der Waals surface area contributed by atoms with Gasteiger partial charge in [0.1, 0.15) is 0 Å². The van der Waals surface area contributed by atoms with E-state index in [9.17, 15) is 4.39 Å². The van der Waals surface area contributed by atoms with Gasteiger partial charge in [-0.1, -0.05) is 11.6 Å². The zero-order valence-corrected chi connectivity index (χ0v) is 18.1. The van der Waals surface area contributed by atoms with E-state index < -0.39 is 5.82 Å². The van der Waals surface area contributed by atoms with Gasteiger partial charge in [-0.05, 0) is 44.9 Å². The molecule has 2 fully saturated rings. The Bertz CT molecular complexity index is 1350. The van der Waals surface area contributed by atoms with Crippen molar-refractivity contribution in [1.82, 2.24) is 24.7 Å². The Kier molecular flexibility index (Phi) is 4.04. The van der Waals surface area contributed by atoms with Crippen LogP contribution in [0.15, 0.2) is 36.8 Å². The van der Waals surface area contributed by atoms with Crippen LogP contribution in [0.3, 0.4) is 0 Å². The molecule has 1 aliphatic heterocycles. The first-order chi connectivity index (χ1) is 14.9. The fraction of sp³-hybridized carbons (Fsp3) is 0.348. The van der Waals surface area contributed by atoms with E-state index in [1.165, 1.54) is 18.9 Å². The predicted molar refractivity (Wildman–Crippen MR) is 120 cm³/mol. The Labute approximate surface area is 184 Å². The van der Waals surface area contributed by atoms with Gasteiger partial charge in [-0.2, -0.15) is 0 Å². The van der Waals surface area contributed by atoms with Crippen molar-refractivity contribution in [3.05, 3.63) is 53.3 Å². The number of aromatic nitrogens is 4. The van der Waals surface area contributed by atoms with Crippen molar-refractivity contribution in [3.8, 4) is 11.3 Å². The molecule has 1 saturated heterocycles. The van der Waals surface area contributed by atoms with E-state index in [4.69, 9.17) is 11.6 Å². The maximum Gasteiger partial charge on any atom is 0.173 e. The van der Waals surface area contributed by atoms with Crippen LogP contribution in [0.4, 0.5) is 10.1 Å². The number of nitrogens with one attached hydrogen (secondary N) is 1. The summed E-state index contributed by atoms with van der Waals surface area (Å²) in [6.45, 7) is 5.97. The number of imidazole rings is 1. The monoisotopic (exact) mass is 436 g/mol. The molecule has 0 aromatic carbocycles. The second-order valence-corrected chi connectivity index (χ2v) is 9.36. The molecule has 0 amide bonds. The van der Waals surface area contributed by atoms with Crippen LogP contribution in [0.1, 0.15) is 25.5 Å². The summed E-state index contributed by atoms with van der Waals surface area (Å²) >= 11 is 6.66. The lowest BCUT2D eigenvalue weighted by Crippen LogP contribution is -2.57. The summed E-state index contributed by atoms with van der Waals surface area (Å²) in [6.07, 6.45) is 7.91. The van der Waals surface area contributed by atoms with Crippen molar-refractivity contribution in [2.75, 3.05) is 18.0 Å². The van der Waals surface area contributed by atoms with Crippen LogP contribution >= 0.6 is 11.6 Å². The van der Waals surface area contributed by atoms with Gasteiger partial charge in [0.15, 0.2) is 17.1 Å². The largest absolute Gasteiger partial charge is 0.367 e. The molecule has 31 heavy (non-hydrogen) atoms. The minimum Gasteiger partial charge on any atom is -0.367 e. The highest BCUT2D eigenvalue weighted by Crippen LogP contribution is 2.40. The number of pyridine rings is 3. The standard InChI is InChI=1S/C23H22ClFN6/c1-13-9-30-11-15(5-19(25)22(30)27-13)20-7-18(24)17-6-16(8-26-21(17)28-20)31-10-14(2)29-23(12-31)3-4-23/h5-9,11,14,29H,3-4,10,12H2,1-2H3/t14-/m1/s1. The molecule has 0 bridgehead atoms. The number of anilines is 1. The summed E-state index contributed by atoms with van der Waals surface area (Å²) < 4.78 is 16.2. The number of hydrogen-bond acceptors (Lipinski definition) is 5. The third-order valence-electron chi connectivity index (χ3n) is 6.28. The third-order valence-corrected chi connectivity index (χ3v) is 6.59. The van der Waals surface area contributed by atoms with Gasteiger partial charge in [-0.15, -0.1) is 0 Å². The molecular formula is C23H22ClFN6. The summed E-state index contributed by atoms with van der Waals surface area (Å²) in [4.78, 5) is 15.9. The third kappa shape index (κ3) is 3.23. The molecular weight excluding hydrogens is 415 g/mol. The SMILES string of the molecule is Cc1cn2cc(-c3cc(Cl)c4cc(N5C[C@@H](C)NC6(CC6)C5)cnc4n3)cc(F)c2n1. The van der Waals surface area contributed by atoms with Gasteiger partial charge in [-0.25, -0.2) is 19.3 Å². The minimum absolute atomic E-state index is 0.257. The van der Waals surface area contributed by atoms with Crippen LogP contribution in [0.25, 0.3) is 27.9 Å². The normalized spacial score (nSPS) is 20.1. The number of fused-ring (bicyclic) bond motifs is 2. The van der Waals surface area contributed by atoms with Crippen molar-refractivity contribution in [2.45, 2.75) is 38.3 Å². The van der Waals surface area contributed by atoms with Gasteiger partial charge in [-0.3, -0.25) is 0 Å². The maximum absolute atomic E-state index is 14.5. The molecule has 4 aromatic heterocycles. The van der Waals surface area contributed by atoms with Crippen LogP contribution in [-0.2, 0) is 0 Å². The number of piperazine rings is 1. The lowest BCUT2D eigenvalue weighted by Gasteiger charge is -2.39. The van der Waals surface area contributed by atoms with Crippen LogP contribution in [-0.4, -0.2) is 44.0 Å². The number of aryl methyl sites for hydroxylation is 1. The molecule has 1 spiro atoms. The molecule has 6 nitrogen and oxygen atoms in total. The number of halogens is 2. The van der Waals surface area contributed by atoms with Crippen molar-refractivity contribution in [3.63, 3.8) is 0 Å². The highest BCUT2D eigenvalue weighted by Gasteiger charge is 2.47. The van der Waals surface area contributed by atoms with Crippen molar-refractivity contribution in [1.29, 1.82) is 0 Å². The predicted octanol–water partition coefficient (Wildman–Crippen LogP) is 4.38. The average Bonchev–Trinajstić information content (AvgIpc) is 3.34. The van der Waals surface area contributed by atoms with Gasteiger partial charge in [0.25, 0.3) is 0 Å². The molecule has 1 saturated carbocycles. The molecule has 6 rings (SSSR count). The summed E-state index contributed by atoms with van der Waals surface area (Å²) in [5.41, 5.74) is 4.14. The second-order valence-electron chi connectivity index (χ2n) is 8.95. The van der Waals surface area contributed by atoms with Crippen molar-refractivity contribution >= 4 is 34.0 Å². The number of rotatable bonds is 2. The number of nitrogens with zero attached hydrogens (tertiary/aromatic N) is 5. The summed E-state index contributed by atoms with van der Waals surface area (Å²) in [7, 11) is 0. The van der Waals surface area contributed by atoms with Crippen LogP contribution in [0.5, 0.6) is 0 Å². The van der Waals surface area contributed by atoms with E-state index in [2.05, 4.69) is 38.2 Å². The molecule has 1 aliphatic carbocycles. The average molecular weight is 437 g/mol.